The van der Waals surface area contributed by atoms with E-state index < -0.39 is 0 Å². The fourth-order valence-corrected chi connectivity index (χ4v) is 2.21. The van der Waals surface area contributed by atoms with Gasteiger partial charge in [-0.3, -0.25) is 0 Å². The van der Waals surface area contributed by atoms with E-state index in [1.165, 1.54) is 0 Å². The average Bonchev–Trinajstić information content (AvgIpc) is 2.40. The molecule has 0 aromatic carbocycles. The summed E-state index contributed by atoms with van der Waals surface area (Å²) in [6, 6.07) is 1.91. The van der Waals surface area contributed by atoms with Gasteiger partial charge in [0, 0.05) is 19.2 Å². The quantitative estimate of drug-likeness (QED) is 0.876. The van der Waals surface area contributed by atoms with Crippen molar-refractivity contribution in [2.24, 2.45) is 11.1 Å². The third-order valence-electron chi connectivity index (χ3n) is 3.71. The third-order valence-corrected chi connectivity index (χ3v) is 3.71. The predicted molar refractivity (Wildman–Crippen MR) is 71.8 cm³/mol. The van der Waals surface area contributed by atoms with Gasteiger partial charge in [0.25, 0.3) is 0 Å². The summed E-state index contributed by atoms with van der Waals surface area (Å²) >= 11 is 0. The molecule has 5 nitrogen and oxygen atoms in total. The maximum Gasteiger partial charge on any atom is 0.218 e. The minimum Gasteiger partial charge on any atom is -0.478 e. The van der Waals surface area contributed by atoms with Crippen molar-refractivity contribution in [2.75, 3.05) is 31.1 Å². The van der Waals surface area contributed by atoms with E-state index in [1.54, 1.807) is 6.33 Å². The third kappa shape index (κ3) is 2.90. The molecule has 0 saturated carbocycles. The summed E-state index contributed by atoms with van der Waals surface area (Å²) in [4.78, 5) is 10.7. The highest BCUT2D eigenvalue weighted by Gasteiger charge is 2.29. The largest absolute Gasteiger partial charge is 0.478 e. The molecule has 1 fully saturated rings. The molecule has 1 aromatic rings. The number of ether oxygens (including phenoxy) is 1. The lowest BCUT2D eigenvalue weighted by molar-refractivity contribution is 0.257. The van der Waals surface area contributed by atoms with Crippen molar-refractivity contribution in [2.45, 2.75) is 26.7 Å². The highest BCUT2D eigenvalue weighted by atomic mass is 16.5. The second-order valence-electron chi connectivity index (χ2n) is 5.15. The van der Waals surface area contributed by atoms with Gasteiger partial charge >= 0.3 is 0 Å². The molecular weight excluding hydrogens is 228 g/mol. The van der Waals surface area contributed by atoms with Crippen LogP contribution in [0, 0.1) is 5.41 Å². The first-order valence-corrected chi connectivity index (χ1v) is 6.57. The molecule has 0 unspecified atom stereocenters. The molecule has 0 bridgehead atoms. The van der Waals surface area contributed by atoms with Crippen molar-refractivity contribution >= 4 is 5.82 Å². The van der Waals surface area contributed by atoms with Crippen LogP contribution in [-0.4, -0.2) is 36.2 Å². The standard InChI is InChI=1S/C13H22N4O/c1-3-18-12-8-11(15-10-16-12)17-6-4-13(2,9-14)5-7-17/h8,10H,3-7,9,14H2,1-2H3. The molecule has 1 aliphatic rings. The predicted octanol–water partition coefficient (Wildman–Crippen LogP) is 1.44. The Hall–Kier alpha value is -1.36. The summed E-state index contributed by atoms with van der Waals surface area (Å²) < 4.78 is 5.40. The lowest BCUT2D eigenvalue weighted by atomic mass is 9.80. The zero-order valence-electron chi connectivity index (χ0n) is 11.2. The minimum atomic E-state index is 0.284. The molecule has 2 N–H and O–H groups in total. The SMILES string of the molecule is CCOc1cc(N2CCC(C)(CN)CC2)ncn1. The first-order valence-electron chi connectivity index (χ1n) is 6.57. The lowest BCUT2D eigenvalue weighted by Crippen LogP contribution is -2.42. The van der Waals surface area contributed by atoms with E-state index in [2.05, 4.69) is 21.8 Å². The van der Waals surface area contributed by atoms with Gasteiger partial charge in [0.2, 0.25) is 5.88 Å². The van der Waals surface area contributed by atoms with Crippen molar-refractivity contribution in [3.63, 3.8) is 0 Å². The van der Waals surface area contributed by atoms with Gasteiger partial charge in [-0.25, -0.2) is 9.97 Å². The Morgan fingerprint density at radius 3 is 2.72 bits per heavy atom. The van der Waals surface area contributed by atoms with Gasteiger partial charge in [0.05, 0.1) is 6.61 Å². The van der Waals surface area contributed by atoms with Gasteiger partial charge in [-0.1, -0.05) is 6.92 Å². The topological polar surface area (TPSA) is 64.3 Å². The minimum absolute atomic E-state index is 0.284. The Kier molecular flexibility index (Phi) is 4.01. The van der Waals surface area contributed by atoms with E-state index in [-0.39, 0.29) is 5.41 Å². The summed E-state index contributed by atoms with van der Waals surface area (Å²) in [5, 5.41) is 0. The van der Waals surface area contributed by atoms with Crippen LogP contribution in [0.2, 0.25) is 0 Å². The Labute approximate surface area is 108 Å². The fraction of sp³-hybridized carbons (Fsp3) is 0.692. The molecule has 1 saturated heterocycles. The molecule has 18 heavy (non-hydrogen) atoms. The summed E-state index contributed by atoms with van der Waals surface area (Å²) in [7, 11) is 0. The van der Waals surface area contributed by atoms with E-state index in [0.717, 1.165) is 38.3 Å². The highest BCUT2D eigenvalue weighted by molar-refractivity contribution is 5.41. The first-order chi connectivity index (χ1) is 8.67. The van der Waals surface area contributed by atoms with Crippen molar-refractivity contribution in [3.8, 4) is 5.88 Å². The van der Waals surface area contributed by atoms with Crippen molar-refractivity contribution in [1.29, 1.82) is 0 Å². The number of nitrogens with two attached hydrogens (primary N) is 1. The van der Waals surface area contributed by atoms with Gasteiger partial charge in [0.15, 0.2) is 0 Å². The van der Waals surface area contributed by atoms with Crippen LogP contribution in [0.5, 0.6) is 5.88 Å². The van der Waals surface area contributed by atoms with Crippen LogP contribution >= 0.6 is 0 Å². The number of hydrogen-bond donors (Lipinski definition) is 1. The van der Waals surface area contributed by atoms with Crippen molar-refractivity contribution < 1.29 is 4.74 Å². The Balaban J connectivity index is 2.03. The Morgan fingerprint density at radius 2 is 2.11 bits per heavy atom. The molecule has 100 valence electrons. The van der Waals surface area contributed by atoms with E-state index in [1.807, 2.05) is 13.0 Å². The van der Waals surface area contributed by atoms with Crippen LogP contribution in [-0.2, 0) is 0 Å². The normalized spacial score (nSPS) is 18.7. The number of hydrogen-bond acceptors (Lipinski definition) is 5. The number of piperidine rings is 1. The van der Waals surface area contributed by atoms with Gasteiger partial charge < -0.3 is 15.4 Å². The second-order valence-corrected chi connectivity index (χ2v) is 5.15. The zero-order chi connectivity index (χ0) is 13.0. The van der Waals surface area contributed by atoms with Crippen LogP contribution in [0.25, 0.3) is 0 Å². The fourth-order valence-electron chi connectivity index (χ4n) is 2.21. The van der Waals surface area contributed by atoms with Crippen LogP contribution in [0.4, 0.5) is 5.82 Å². The molecule has 0 radical (unpaired) electrons. The molecule has 0 aliphatic carbocycles. The van der Waals surface area contributed by atoms with Crippen LogP contribution in [0.15, 0.2) is 12.4 Å². The molecule has 2 heterocycles. The maximum atomic E-state index is 5.82. The van der Waals surface area contributed by atoms with Crippen LogP contribution < -0.4 is 15.4 Å². The van der Waals surface area contributed by atoms with E-state index in [0.29, 0.717) is 12.5 Å². The smallest absolute Gasteiger partial charge is 0.218 e. The molecule has 0 amide bonds. The van der Waals surface area contributed by atoms with Crippen LogP contribution in [0.3, 0.4) is 0 Å². The number of nitrogens with zero attached hydrogens (tertiary/aromatic N) is 3. The van der Waals surface area contributed by atoms with Gasteiger partial charge in [-0.05, 0) is 31.7 Å². The Bertz CT molecular complexity index is 388. The van der Waals surface area contributed by atoms with Crippen LogP contribution in [0.1, 0.15) is 26.7 Å². The molecular formula is C13H22N4O. The van der Waals surface area contributed by atoms with E-state index in [9.17, 15) is 0 Å². The molecule has 1 aliphatic heterocycles. The summed E-state index contributed by atoms with van der Waals surface area (Å²) in [5.74, 6) is 1.60. The maximum absolute atomic E-state index is 5.82. The molecule has 1 aromatic heterocycles. The van der Waals surface area contributed by atoms with Gasteiger partial charge in [-0.2, -0.15) is 0 Å². The van der Waals surface area contributed by atoms with Crippen molar-refractivity contribution in [1.82, 2.24) is 9.97 Å². The molecule has 0 spiro atoms. The summed E-state index contributed by atoms with van der Waals surface area (Å²) in [6.07, 6.45) is 3.78. The monoisotopic (exact) mass is 250 g/mol. The number of rotatable bonds is 4. The molecule has 2 rings (SSSR count). The molecule has 0 atom stereocenters. The van der Waals surface area contributed by atoms with Crippen molar-refractivity contribution in [3.05, 3.63) is 12.4 Å². The summed E-state index contributed by atoms with van der Waals surface area (Å²) in [6.45, 7) is 7.59. The number of anilines is 1. The van der Waals surface area contributed by atoms with Gasteiger partial charge in [0.1, 0.15) is 12.1 Å². The molecule has 5 heteroatoms. The average molecular weight is 250 g/mol. The first kappa shape index (κ1) is 13.1. The van der Waals surface area contributed by atoms with E-state index >= 15 is 0 Å². The zero-order valence-corrected chi connectivity index (χ0v) is 11.2. The number of aromatic nitrogens is 2. The lowest BCUT2D eigenvalue weighted by Gasteiger charge is -2.39. The Morgan fingerprint density at radius 1 is 1.39 bits per heavy atom. The second kappa shape index (κ2) is 5.52. The summed E-state index contributed by atoms with van der Waals surface area (Å²) in [5.41, 5.74) is 6.11. The van der Waals surface area contributed by atoms with Gasteiger partial charge in [-0.15, -0.1) is 0 Å². The highest BCUT2D eigenvalue weighted by Crippen LogP contribution is 2.31. The van der Waals surface area contributed by atoms with E-state index in [4.69, 9.17) is 10.5 Å².